The zero-order chi connectivity index (χ0) is 13.9. The van der Waals surface area contributed by atoms with Crippen LogP contribution in [0.15, 0.2) is 0 Å². The first-order valence-electron chi connectivity index (χ1n) is 7.03. The van der Waals surface area contributed by atoms with E-state index in [0.717, 1.165) is 13.0 Å². The number of unbranched alkanes of at least 4 members (excludes halogenated alkanes) is 1. The van der Waals surface area contributed by atoms with Gasteiger partial charge in [0.1, 0.15) is 0 Å². The molecule has 0 aromatic heterocycles. The molecule has 110 valence electrons. The van der Waals surface area contributed by atoms with Gasteiger partial charge in [0.05, 0.1) is 31.5 Å². The first-order chi connectivity index (χ1) is 8.60. The summed E-state index contributed by atoms with van der Waals surface area (Å²) in [6.45, 7) is 11.8. The molecule has 18 heavy (non-hydrogen) atoms. The summed E-state index contributed by atoms with van der Waals surface area (Å²) in [5.74, 6) is 0. The minimum atomic E-state index is -0.232. The summed E-state index contributed by atoms with van der Waals surface area (Å²) in [4.78, 5) is 0. The average Bonchev–Trinajstić information content (AvgIpc) is 2.34. The number of hydrogen-bond donors (Lipinski definition) is 1. The van der Waals surface area contributed by atoms with Crippen molar-refractivity contribution in [2.24, 2.45) is 0 Å². The van der Waals surface area contributed by atoms with Crippen molar-refractivity contribution in [3.63, 3.8) is 0 Å². The van der Waals surface area contributed by atoms with Crippen molar-refractivity contribution >= 4 is 0 Å². The highest BCUT2D eigenvalue weighted by Crippen LogP contribution is 2.10. The predicted octanol–water partition coefficient (Wildman–Crippen LogP) is 2.22. The number of methoxy groups -OCH3 is 1. The molecule has 4 heteroatoms. The maximum Gasteiger partial charge on any atom is 0.0889 e. The Morgan fingerprint density at radius 2 is 1.83 bits per heavy atom. The van der Waals surface area contributed by atoms with Gasteiger partial charge < -0.3 is 19.5 Å². The smallest absolute Gasteiger partial charge is 0.0889 e. The van der Waals surface area contributed by atoms with Crippen LogP contribution < -0.4 is 5.32 Å². The van der Waals surface area contributed by atoms with E-state index in [1.54, 1.807) is 7.11 Å². The second kappa shape index (κ2) is 10.7. The van der Waals surface area contributed by atoms with E-state index in [1.165, 1.54) is 6.42 Å². The van der Waals surface area contributed by atoms with E-state index < -0.39 is 0 Å². The van der Waals surface area contributed by atoms with E-state index in [9.17, 15) is 0 Å². The highest BCUT2D eigenvalue weighted by atomic mass is 16.5. The van der Waals surface area contributed by atoms with Gasteiger partial charge in [0.25, 0.3) is 0 Å². The SMILES string of the molecule is CCCCNC(COC)(COCC)COC(C)C. The molecule has 0 aliphatic carbocycles. The Hall–Kier alpha value is -0.160. The second-order valence-electron chi connectivity index (χ2n) is 4.99. The quantitative estimate of drug-likeness (QED) is 0.547. The van der Waals surface area contributed by atoms with E-state index in [4.69, 9.17) is 14.2 Å². The minimum Gasteiger partial charge on any atom is -0.383 e. The molecule has 0 aliphatic heterocycles. The first-order valence-corrected chi connectivity index (χ1v) is 7.03. The van der Waals surface area contributed by atoms with Gasteiger partial charge in [-0.15, -0.1) is 0 Å². The lowest BCUT2D eigenvalue weighted by Gasteiger charge is -2.34. The van der Waals surface area contributed by atoms with Crippen molar-refractivity contribution in [2.75, 3.05) is 40.1 Å². The molecular weight excluding hydrogens is 230 g/mol. The monoisotopic (exact) mass is 261 g/mol. The van der Waals surface area contributed by atoms with Crippen LogP contribution in [0.1, 0.15) is 40.5 Å². The molecule has 0 amide bonds. The lowest BCUT2D eigenvalue weighted by molar-refractivity contribution is -0.0431. The summed E-state index contributed by atoms with van der Waals surface area (Å²) in [5.41, 5.74) is -0.232. The van der Waals surface area contributed by atoms with Crippen LogP contribution in [0.2, 0.25) is 0 Å². The van der Waals surface area contributed by atoms with Crippen molar-refractivity contribution in [3.8, 4) is 0 Å². The van der Waals surface area contributed by atoms with Crippen LogP contribution in [0.5, 0.6) is 0 Å². The largest absolute Gasteiger partial charge is 0.383 e. The van der Waals surface area contributed by atoms with Crippen LogP contribution in [0.25, 0.3) is 0 Å². The molecular formula is C14H31NO3. The molecule has 0 rings (SSSR count). The zero-order valence-electron chi connectivity index (χ0n) is 12.8. The van der Waals surface area contributed by atoms with Crippen molar-refractivity contribution < 1.29 is 14.2 Å². The van der Waals surface area contributed by atoms with Crippen molar-refractivity contribution in [1.29, 1.82) is 0 Å². The Labute approximate surface area is 112 Å². The van der Waals surface area contributed by atoms with Gasteiger partial charge in [-0.25, -0.2) is 0 Å². The number of rotatable bonds is 12. The highest BCUT2D eigenvalue weighted by molar-refractivity contribution is 4.88. The molecule has 0 spiro atoms. The molecule has 0 bridgehead atoms. The summed E-state index contributed by atoms with van der Waals surface area (Å²) in [6.07, 6.45) is 2.55. The van der Waals surface area contributed by atoms with Crippen LogP contribution >= 0.6 is 0 Å². The fraction of sp³-hybridized carbons (Fsp3) is 1.00. The van der Waals surface area contributed by atoms with Gasteiger partial charge in [0.15, 0.2) is 0 Å². The molecule has 0 aromatic carbocycles. The molecule has 0 fully saturated rings. The van der Waals surface area contributed by atoms with Crippen LogP contribution in [0.4, 0.5) is 0 Å². The number of nitrogens with one attached hydrogen (secondary N) is 1. The fourth-order valence-electron chi connectivity index (χ4n) is 1.71. The molecule has 1 unspecified atom stereocenters. The molecule has 4 nitrogen and oxygen atoms in total. The van der Waals surface area contributed by atoms with Crippen molar-refractivity contribution in [1.82, 2.24) is 5.32 Å². The van der Waals surface area contributed by atoms with E-state index in [0.29, 0.717) is 26.4 Å². The van der Waals surface area contributed by atoms with E-state index in [1.807, 2.05) is 20.8 Å². The van der Waals surface area contributed by atoms with Gasteiger partial charge in [0, 0.05) is 13.7 Å². The van der Waals surface area contributed by atoms with Gasteiger partial charge in [-0.2, -0.15) is 0 Å². The standard InChI is InChI=1S/C14H31NO3/c1-6-8-9-15-14(10-16-5,11-17-7-2)12-18-13(3)4/h13,15H,6-12H2,1-5H3. The Kier molecular flexibility index (Phi) is 10.6. The molecule has 1 atom stereocenters. The van der Waals surface area contributed by atoms with Gasteiger partial charge in [-0.05, 0) is 33.7 Å². The van der Waals surface area contributed by atoms with Crippen LogP contribution in [0, 0.1) is 0 Å². The van der Waals surface area contributed by atoms with Crippen LogP contribution in [0.3, 0.4) is 0 Å². The fourth-order valence-corrected chi connectivity index (χ4v) is 1.71. The maximum atomic E-state index is 5.77. The molecule has 0 radical (unpaired) electrons. The molecule has 0 heterocycles. The summed E-state index contributed by atoms with van der Waals surface area (Å²) >= 11 is 0. The second-order valence-corrected chi connectivity index (χ2v) is 4.99. The van der Waals surface area contributed by atoms with E-state index >= 15 is 0 Å². The number of hydrogen-bond acceptors (Lipinski definition) is 4. The third kappa shape index (κ3) is 8.03. The van der Waals surface area contributed by atoms with Crippen molar-refractivity contribution in [3.05, 3.63) is 0 Å². The minimum absolute atomic E-state index is 0.218. The molecule has 1 N–H and O–H groups in total. The average molecular weight is 261 g/mol. The van der Waals surface area contributed by atoms with Crippen LogP contribution in [-0.4, -0.2) is 51.7 Å². The lowest BCUT2D eigenvalue weighted by Crippen LogP contribution is -2.57. The summed E-state index contributed by atoms with van der Waals surface area (Å²) in [7, 11) is 1.72. The predicted molar refractivity (Wildman–Crippen MR) is 75.1 cm³/mol. The van der Waals surface area contributed by atoms with Crippen molar-refractivity contribution in [2.45, 2.75) is 52.2 Å². The zero-order valence-corrected chi connectivity index (χ0v) is 12.8. The highest BCUT2D eigenvalue weighted by Gasteiger charge is 2.30. The Balaban J connectivity index is 4.44. The van der Waals surface area contributed by atoms with E-state index in [2.05, 4.69) is 12.2 Å². The Morgan fingerprint density at radius 1 is 1.11 bits per heavy atom. The normalized spacial score (nSPS) is 15.0. The van der Waals surface area contributed by atoms with Gasteiger partial charge in [-0.3, -0.25) is 0 Å². The summed E-state index contributed by atoms with van der Waals surface area (Å²) < 4.78 is 16.7. The van der Waals surface area contributed by atoms with Gasteiger partial charge >= 0.3 is 0 Å². The molecule has 0 saturated carbocycles. The molecule has 0 aliphatic rings. The Morgan fingerprint density at radius 3 is 2.33 bits per heavy atom. The topological polar surface area (TPSA) is 39.7 Å². The number of ether oxygens (including phenoxy) is 3. The molecule has 0 aromatic rings. The third-order valence-electron chi connectivity index (χ3n) is 2.73. The molecule has 0 saturated heterocycles. The third-order valence-corrected chi connectivity index (χ3v) is 2.73. The summed E-state index contributed by atoms with van der Waals surface area (Å²) in [5, 5.41) is 3.55. The van der Waals surface area contributed by atoms with Gasteiger partial charge in [-0.1, -0.05) is 13.3 Å². The van der Waals surface area contributed by atoms with E-state index in [-0.39, 0.29) is 11.6 Å². The van der Waals surface area contributed by atoms with Crippen LogP contribution in [-0.2, 0) is 14.2 Å². The first kappa shape index (κ1) is 17.8. The lowest BCUT2D eigenvalue weighted by atomic mass is 10.0. The Bertz CT molecular complexity index is 188. The van der Waals surface area contributed by atoms with Gasteiger partial charge in [0.2, 0.25) is 0 Å². The maximum absolute atomic E-state index is 5.77. The summed E-state index contributed by atoms with van der Waals surface area (Å²) in [6, 6.07) is 0.